The van der Waals surface area contributed by atoms with E-state index in [1.54, 1.807) is 35.5 Å². The summed E-state index contributed by atoms with van der Waals surface area (Å²) < 4.78 is 29.3. The molecule has 0 spiro atoms. The lowest BCUT2D eigenvalue weighted by Crippen LogP contribution is -2.34. The number of thiazole rings is 1. The molecule has 0 bridgehead atoms. The van der Waals surface area contributed by atoms with Crippen LogP contribution in [0, 0.1) is 0 Å². The molecule has 0 aromatic carbocycles. The Kier molecular flexibility index (Phi) is 7.15. The minimum atomic E-state index is -3.92. The molecule has 14 heteroatoms. The third-order valence-corrected chi connectivity index (χ3v) is 6.13. The fraction of sp³-hybridized carbons (Fsp3) is 0.312. The number of aromatic nitrogens is 5. The monoisotopic (exact) mass is 506 g/mol. The molecular weight excluding hydrogens is 491 g/mol. The van der Waals surface area contributed by atoms with Crippen LogP contribution in [-0.4, -0.2) is 45.7 Å². The van der Waals surface area contributed by atoms with E-state index in [1.807, 2.05) is 0 Å². The van der Waals surface area contributed by atoms with Gasteiger partial charge in [0.25, 0.3) is 5.15 Å². The van der Waals surface area contributed by atoms with E-state index in [4.69, 9.17) is 36.2 Å². The van der Waals surface area contributed by atoms with Crippen LogP contribution in [0.25, 0.3) is 16.6 Å². The lowest BCUT2D eigenvalue weighted by Gasteiger charge is -2.16. The summed E-state index contributed by atoms with van der Waals surface area (Å²) in [5, 5.41) is 3.76. The molecule has 0 unspecified atom stereocenters. The van der Waals surface area contributed by atoms with Crippen LogP contribution in [0.3, 0.4) is 0 Å². The molecule has 160 valence electrons. The van der Waals surface area contributed by atoms with Gasteiger partial charge in [0, 0.05) is 18.9 Å². The molecule has 9 nitrogen and oxygen atoms in total. The Bertz CT molecular complexity index is 1220. The van der Waals surface area contributed by atoms with Crippen molar-refractivity contribution in [3.05, 3.63) is 32.7 Å². The molecule has 3 aromatic heterocycles. The fourth-order valence-corrected chi connectivity index (χ4v) is 5.07. The molecule has 4 heterocycles. The molecule has 1 aliphatic heterocycles. The van der Waals surface area contributed by atoms with Crippen molar-refractivity contribution in [1.82, 2.24) is 19.9 Å². The maximum absolute atomic E-state index is 9.08. The topological polar surface area (TPSA) is 116 Å². The summed E-state index contributed by atoms with van der Waals surface area (Å²) in [4.78, 5) is 20.6. The zero-order chi connectivity index (χ0) is 22.1. The summed E-state index contributed by atoms with van der Waals surface area (Å²) >= 11 is 15.2. The van der Waals surface area contributed by atoms with E-state index in [9.17, 15) is 0 Å². The van der Waals surface area contributed by atoms with Crippen LogP contribution in [0.4, 0.5) is 5.82 Å². The second kappa shape index (κ2) is 9.28. The standard InChI is InChI=1S/C15H13Cl2N6S2.CH4O3S/c1-3-22-10(24-14-12(22)20-8(16)6-18-14)5-11-23(4-2)13-15(25-11)19-7-9(17)21-13;1-5(2,3)4/h5-7H,3-4H2,1-2H3;1H3,(H,2,3,4)/q+1;/p-1. The van der Waals surface area contributed by atoms with E-state index in [1.165, 1.54) is 0 Å². The van der Waals surface area contributed by atoms with Crippen molar-refractivity contribution in [3.63, 3.8) is 0 Å². The van der Waals surface area contributed by atoms with Gasteiger partial charge in [0.05, 0.1) is 34.1 Å². The molecule has 1 aliphatic rings. The van der Waals surface area contributed by atoms with Gasteiger partial charge in [-0.1, -0.05) is 22.9 Å². The molecule has 30 heavy (non-hydrogen) atoms. The molecule has 0 aliphatic carbocycles. The number of aryl methyl sites for hydroxylation is 1. The first-order valence-electron chi connectivity index (χ1n) is 8.56. The second-order valence-corrected chi connectivity index (χ2v) is 10.1. The Labute approximate surface area is 191 Å². The molecule has 0 N–H and O–H groups in total. The van der Waals surface area contributed by atoms with E-state index in [0.29, 0.717) is 16.6 Å². The van der Waals surface area contributed by atoms with Crippen molar-refractivity contribution >= 4 is 78.8 Å². The van der Waals surface area contributed by atoms with Gasteiger partial charge in [-0.2, -0.15) is 0 Å². The Balaban J connectivity index is 0.000000461. The Morgan fingerprint density at radius 1 is 1.20 bits per heavy atom. The van der Waals surface area contributed by atoms with Gasteiger partial charge in [0.2, 0.25) is 4.83 Å². The number of anilines is 1. The highest BCUT2D eigenvalue weighted by molar-refractivity contribution is 8.03. The number of hydrogen-bond donors (Lipinski definition) is 0. The van der Waals surface area contributed by atoms with Gasteiger partial charge < -0.3 is 9.45 Å². The van der Waals surface area contributed by atoms with Gasteiger partial charge in [-0.05, 0) is 42.2 Å². The smallest absolute Gasteiger partial charge is 0.362 e. The zero-order valence-electron chi connectivity index (χ0n) is 16.0. The van der Waals surface area contributed by atoms with Crippen LogP contribution in [-0.2, 0) is 16.7 Å². The number of hydrogen-bond acceptors (Lipinski definition) is 10. The highest BCUT2D eigenvalue weighted by atomic mass is 35.5. The SMILES string of the molecule is CCN1C(=Cc2sc3ncc(Cl)nc3[n+]2CC)Sc2ncc(Cl)nc21.CS(=O)(=O)[O-]. The molecule has 0 amide bonds. The second-order valence-electron chi connectivity index (χ2n) is 5.86. The largest absolute Gasteiger partial charge is 0.748 e. The van der Waals surface area contributed by atoms with Crippen molar-refractivity contribution in [1.29, 1.82) is 0 Å². The minimum absolute atomic E-state index is 0.396. The first-order chi connectivity index (χ1) is 14.1. The normalized spacial score (nSPS) is 14.7. The van der Waals surface area contributed by atoms with E-state index < -0.39 is 10.1 Å². The summed E-state index contributed by atoms with van der Waals surface area (Å²) in [6.45, 7) is 5.71. The van der Waals surface area contributed by atoms with Crippen LogP contribution < -0.4 is 9.47 Å². The Hall–Kier alpha value is -1.57. The molecular formula is C16H16Cl2N6O3S3. The average molecular weight is 507 g/mol. The number of nitrogens with zero attached hydrogens (tertiary/aromatic N) is 6. The highest BCUT2D eigenvalue weighted by Crippen LogP contribution is 2.44. The van der Waals surface area contributed by atoms with Gasteiger partial charge in [-0.3, -0.25) is 0 Å². The summed E-state index contributed by atoms with van der Waals surface area (Å²) in [6, 6.07) is 0. The van der Waals surface area contributed by atoms with E-state index in [-0.39, 0.29) is 0 Å². The third kappa shape index (κ3) is 5.37. The molecule has 0 radical (unpaired) electrons. The van der Waals surface area contributed by atoms with Crippen molar-refractivity contribution in [2.24, 2.45) is 0 Å². The van der Waals surface area contributed by atoms with Gasteiger partial charge in [0.1, 0.15) is 10.2 Å². The van der Waals surface area contributed by atoms with Gasteiger partial charge in [0.15, 0.2) is 10.8 Å². The van der Waals surface area contributed by atoms with Crippen molar-refractivity contribution < 1.29 is 17.5 Å². The lowest BCUT2D eigenvalue weighted by molar-refractivity contribution is -0.667. The van der Waals surface area contributed by atoms with Crippen molar-refractivity contribution in [2.75, 3.05) is 17.7 Å². The molecule has 3 aromatic rings. The highest BCUT2D eigenvalue weighted by Gasteiger charge is 2.29. The molecule has 0 atom stereocenters. The van der Waals surface area contributed by atoms with Crippen LogP contribution in [0.2, 0.25) is 10.3 Å². The van der Waals surface area contributed by atoms with Gasteiger partial charge in [-0.25, -0.2) is 27.9 Å². The van der Waals surface area contributed by atoms with Crippen LogP contribution in [0.1, 0.15) is 18.9 Å². The van der Waals surface area contributed by atoms with E-state index >= 15 is 0 Å². The number of thioether (sulfide) groups is 1. The van der Waals surface area contributed by atoms with Crippen molar-refractivity contribution in [3.8, 4) is 0 Å². The predicted molar refractivity (Wildman–Crippen MR) is 118 cm³/mol. The predicted octanol–water partition coefficient (Wildman–Crippen LogP) is 3.19. The molecule has 0 saturated heterocycles. The summed E-state index contributed by atoms with van der Waals surface area (Å²) in [5.41, 5.74) is 0.801. The lowest BCUT2D eigenvalue weighted by atomic mass is 10.5. The molecule has 0 saturated carbocycles. The maximum atomic E-state index is 9.08. The Morgan fingerprint density at radius 2 is 1.83 bits per heavy atom. The zero-order valence-corrected chi connectivity index (χ0v) is 20.0. The first-order valence-corrected chi connectivity index (χ1v) is 12.8. The third-order valence-electron chi connectivity index (χ3n) is 3.71. The van der Waals surface area contributed by atoms with E-state index in [0.717, 1.165) is 44.4 Å². The quantitative estimate of drug-likeness (QED) is 0.389. The maximum Gasteiger partial charge on any atom is 0.362 e. The van der Waals surface area contributed by atoms with Gasteiger partial charge >= 0.3 is 5.65 Å². The summed E-state index contributed by atoms with van der Waals surface area (Å²) in [5.74, 6) is 0.801. The van der Waals surface area contributed by atoms with Crippen LogP contribution in [0.5, 0.6) is 0 Å². The minimum Gasteiger partial charge on any atom is -0.748 e. The molecule has 4 rings (SSSR count). The Morgan fingerprint density at radius 3 is 2.47 bits per heavy atom. The fourth-order valence-electron chi connectivity index (χ4n) is 2.64. The number of rotatable bonds is 3. The van der Waals surface area contributed by atoms with E-state index in [2.05, 4.69) is 49.3 Å². The molecule has 0 fully saturated rings. The van der Waals surface area contributed by atoms with Crippen LogP contribution in [0.15, 0.2) is 22.4 Å². The number of fused-ring (bicyclic) bond motifs is 2. The first kappa shape index (κ1) is 23.1. The van der Waals surface area contributed by atoms with Crippen molar-refractivity contribution in [2.45, 2.75) is 25.4 Å². The average Bonchev–Trinajstić information content (AvgIpc) is 3.16. The van der Waals surface area contributed by atoms with Gasteiger partial charge in [-0.15, -0.1) is 0 Å². The number of halogens is 2. The van der Waals surface area contributed by atoms with Crippen LogP contribution >= 0.6 is 46.3 Å². The summed E-state index contributed by atoms with van der Waals surface area (Å²) in [6.07, 6.45) is 5.88. The summed E-state index contributed by atoms with van der Waals surface area (Å²) in [7, 11) is -3.92.